The van der Waals surface area contributed by atoms with Crippen LogP contribution in [0.3, 0.4) is 0 Å². The van der Waals surface area contributed by atoms with E-state index in [1.54, 1.807) is 26.2 Å². The molecule has 0 fully saturated rings. The van der Waals surface area contributed by atoms with Gasteiger partial charge < -0.3 is 24.4 Å². The van der Waals surface area contributed by atoms with Gasteiger partial charge in [0.1, 0.15) is 17.1 Å². The molecule has 7 nitrogen and oxygen atoms in total. The lowest BCUT2D eigenvalue weighted by Crippen LogP contribution is -2.11. The van der Waals surface area contributed by atoms with E-state index < -0.39 is 5.97 Å². The van der Waals surface area contributed by atoms with Crippen molar-refractivity contribution in [1.82, 2.24) is 0 Å². The minimum atomic E-state index is -1.24. The summed E-state index contributed by atoms with van der Waals surface area (Å²) in [6, 6.07) is 6.44. The van der Waals surface area contributed by atoms with Crippen LogP contribution in [0.25, 0.3) is 6.08 Å². The average Bonchev–Trinajstić information content (AvgIpc) is 2.71. The van der Waals surface area contributed by atoms with Crippen molar-refractivity contribution in [3.63, 3.8) is 0 Å². The molecule has 0 aliphatic carbocycles. The van der Waals surface area contributed by atoms with Gasteiger partial charge in [0.15, 0.2) is 17.3 Å². The molecule has 0 unspecified atom stereocenters. The summed E-state index contributed by atoms with van der Waals surface area (Å²) in [4.78, 5) is 23.6. The number of allylic oxidation sites excluding steroid dienone is 1. The van der Waals surface area contributed by atoms with E-state index in [9.17, 15) is 19.8 Å². The Kier molecular flexibility index (Phi) is 8.43. The molecule has 0 spiro atoms. The van der Waals surface area contributed by atoms with E-state index in [1.165, 1.54) is 38.3 Å². The second-order valence-corrected chi connectivity index (χ2v) is 7.97. The van der Waals surface area contributed by atoms with E-state index in [0.717, 1.165) is 5.56 Å². The molecule has 0 aromatic heterocycles. The second-order valence-electron chi connectivity index (χ2n) is 7.97. The van der Waals surface area contributed by atoms with Gasteiger partial charge in [0.2, 0.25) is 0 Å². The fraction of sp³-hybridized carbons (Fsp3) is 0.360. The maximum absolute atomic E-state index is 12.2. The molecule has 172 valence electrons. The van der Waals surface area contributed by atoms with Gasteiger partial charge >= 0.3 is 5.97 Å². The van der Waals surface area contributed by atoms with Crippen LogP contribution in [0.5, 0.6) is 23.0 Å². The molecule has 0 bridgehead atoms. The Balaban J connectivity index is 2.65. The van der Waals surface area contributed by atoms with Crippen LogP contribution in [0, 0.1) is 12.8 Å². The van der Waals surface area contributed by atoms with Crippen LogP contribution in [-0.4, -0.2) is 36.2 Å². The Morgan fingerprint density at radius 3 is 2.34 bits per heavy atom. The predicted octanol–water partition coefficient (Wildman–Crippen LogP) is 5.54. The maximum Gasteiger partial charge on any atom is 0.343 e. The summed E-state index contributed by atoms with van der Waals surface area (Å²) in [5.41, 5.74) is 1.60. The number of carbonyl (C=O) groups excluding carboxylic acids is 1. The van der Waals surface area contributed by atoms with Crippen molar-refractivity contribution in [2.24, 2.45) is 5.92 Å². The minimum absolute atomic E-state index is 0.00544. The lowest BCUT2D eigenvalue weighted by molar-refractivity contribution is -0.112. The molecule has 7 heteroatoms. The zero-order valence-electron chi connectivity index (χ0n) is 19.3. The van der Waals surface area contributed by atoms with Gasteiger partial charge in [0.25, 0.3) is 0 Å². The zero-order chi connectivity index (χ0) is 24.0. The number of aromatic hydroxyl groups is 1. The second kappa shape index (κ2) is 10.8. The largest absolute Gasteiger partial charge is 0.504 e. The lowest BCUT2D eigenvalue weighted by Gasteiger charge is -2.23. The van der Waals surface area contributed by atoms with Gasteiger partial charge in [-0.25, -0.2) is 4.79 Å². The molecule has 2 aromatic carbocycles. The topological polar surface area (TPSA) is 102 Å². The van der Waals surface area contributed by atoms with Gasteiger partial charge in [0.05, 0.1) is 13.2 Å². The normalized spacial score (nSPS) is 12.2. The van der Waals surface area contributed by atoms with E-state index >= 15 is 0 Å². The summed E-state index contributed by atoms with van der Waals surface area (Å²) >= 11 is 0. The first-order valence-corrected chi connectivity index (χ1v) is 10.3. The van der Waals surface area contributed by atoms with Crippen molar-refractivity contribution < 1.29 is 34.0 Å². The third-order valence-corrected chi connectivity index (χ3v) is 4.84. The molecule has 0 aliphatic rings. The van der Waals surface area contributed by atoms with Crippen LogP contribution in [0.15, 0.2) is 30.3 Å². The Morgan fingerprint density at radius 1 is 1.12 bits per heavy atom. The maximum atomic E-state index is 12.2. The zero-order valence-corrected chi connectivity index (χ0v) is 19.3. The number of phenolic OH excluding ortho intramolecular Hbond substituents is 1. The van der Waals surface area contributed by atoms with Crippen LogP contribution >= 0.6 is 0 Å². The third-order valence-electron chi connectivity index (χ3n) is 4.84. The van der Waals surface area contributed by atoms with Crippen LogP contribution < -0.4 is 9.47 Å². The molecular weight excluding hydrogens is 412 g/mol. The summed E-state index contributed by atoms with van der Waals surface area (Å²) in [6.45, 7) is 7.28. The molecule has 0 heterocycles. The van der Waals surface area contributed by atoms with Crippen LogP contribution in [0.4, 0.5) is 0 Å². The predicted molar refractivity (Wildman–Crippen MR) is 122 cm³/mol. The summed E-state index contributed by atoms with van der Waals surface area (Å²) in [5.74, 6) is -1.12. The highest BCUT2D eigenvalue weighted by atomic mass is 16.5. The van der Waals surface area contributed by atoms with Gasteiger partial charge in [-0.15, -0.1) is 0 Å². The van der Waals surface area contributed by atoms with Crippen LogP contribution in [-0.2, 0) is 9.53 Å². The third kappa shape index (κ3) is 5.88. The number of aryl methyl sites for hydroxylation is 1. The monoisotopic (exact) mass is 442 g/mol. The highest BCUT2D eigenvalue weighted by Crippen LogP contribution is 2.43. The van der Waals surface area contributed by atoms with E-state index in [4.69, 9.17) is 14.2 Å². The summed E-state index contributed by atoms with van der Waals surface area (Å²) in [7, 11) is 2.96. The van der Waals surface area contributed by atoms with Crippen molar-refractivity contribution in [2.75, 3.05) is 14.2 Å². The number of methoxy groups -OCH3 is 2. The molecule has 2 aromatic rings. The molecule has 1 atom stereocenters. The Hall–Kier alpha value is -3.32. The molecule has 2 N–H and O–H groups in total. The number of aromatic carboxylic acids is 1. The Morgan fingerprint density at radius 2 is 1.81 bits per heavy atom. The number of carbonyl (C=O) groups is 2. The average molecular weight is 443 g/mol. The molecular formula is C25H30O7. The first-order valence-electron chi connectivity index (χ1n) is 10.3. The van der Waals surface area contributed by atoms with Crippen molar-refractivity contribution >= 4 is 17.8 Å². The number of carboxylic acid groups (broad SMARTS) is 1. The molecule has 32 heavy (non-hydrogen) atoms. The standard InChI is InChI=1S/C25H30O7/c1-14(2)11-21(30-5)18-9-10-20(22(25(28)29)24(18)31-6)32-23-17(8-7-16(4)26)12-15(3)13-19(23)27/h7-10,12-14,21,27H,11H2,1-6H3,(H,28,29)/b8-7+/t21-/m0/s1. The highest BCUT2D eigenvalue weighted by molar-refractivity contribution is 5.95. The molecule has 0 saturated heterocycles. The number of phenols is 1. The fourth-order valence-electron chi connectivity index (χ4n) is 3.45. The van der Waals surface area contributed by atoms with E-state index in [-0.39, 0.29) is 40.4 Å². The number of ether oxygens (including phenoxy) is 3. The fourth-order valence-corrected chi connectivity index (χ4v) is 3.45. The van der Waals surface area contributed by atoms with E-state index in [1.807, 2.05) is 13.8 Å². The van der Waals surface area contributed by atoms with Gasteiger partial charge in [-0.3, -0.25) is 4.79 Å². The molecule has 0 saturated carbocycles. The van der Waals surface area contributed by atoms with Crippen molar-refractivity contribution in [1.29, 1.82) is 0 Å². The van der Waals surface area contributed by atoms with Gasteiger partial charge in [0, 0.05) is 18.2 Å². The summed E-state index contributed by atoms with van der Waals surface area (Å²) in [6.07, 6.45) is 3.17. The van der Waals surface area contributed by atoms with E-state index in [0.29, 0.717) is 23.5 Å². The number of benzene rings is 2. The lowest BCUT2D eigenvalue weighted by atomic mass is 9.96. The SMILES string of the molecule is COc1c([C@H](CC(C)C)OC)ccc(Oc2c(O)cc(C)cc2/C=C/C(C)=O)c1C(=O)O. The molecule has 2 rings (SSSR count). The Labute approximate surface area is 188 Å². The quantitative estimate of drug-likeness (QED) is 0.466. The smallest absolute Gasteiger partial charge is 0.343 e. The number of hydrogen-bond donors (Lipinski definition) is 2. The number of rotatable bonds is 10. The van der Waals surface area contributed by atoms with Crippen molar-refractivity contribution in [3.8, 4) is 23.0 Å². The molecule has 0 aliphatic heterocycles. The number of hydrogen-bond acceptors (Lipinski definition) is 6. The highest BCUT2D eigenvalue weighted by Gasteiger charge is 2.27. The number of carboxylic acids is 1. The summed E-state index contributed by atoms with van der Waals surface area (Å²) < 4.78 is 17.0. The van der Waals surface area contributed by atoms with Crippen molar-refractivity contribution in [3.05, 3.63) is 52.6 Å². The summed E-state index contributed by atoms with van der Waals surface area (Å²) in [5, 5.41) is 20.4. The van der Waals surface area contributed by atoms with Gasteiger partial charge in [-0.05, 0) is 68.2 Å². The van der Waals surface area contributed by atoms with Crippen LogP contribution in [0.2, 0.25) is 0 Å². The van der Waals surface area contributed by atoms with Gasteiger partial charge in [-0.1, -0.05) is 13.8 Å². The van der Waals surface area contributed by atoms with Gasteiger partial charge in [-0.2, -0.15) is 0 Å². The molecule has 0 radical (unpaired) electrons. The first kappa shape index (κ1) is 24.9. The molecule has 0 amide bonds. The van der Waals surface area contributed by atoms with Crippen molar-refractivity contribution in [2.45, 2.75) is 40.2 Å². The van der Waals surface area contributed by atoms with E-state index in [2.05, 4.69) is 0 Å². The number of ketones is 1. The van der Waals surface area contributed by atoms with Crippen LogP contribution in [0.1, 0.15) is 60.3 Å². The minimum Gasteiger partial charge on any atom is -0.504 e. The first-order chi connectivity index (χ1) is 15.1. The Bertz CT molecular complexity index is 1020.